The number of ether oxygens (including phenoxy) is 1. The van der Waals surface area contributed by atoms with Gasteiger partial charge >= 0.3 is 5.97 Å². The van der Waals surface area contributed by atoms with Gasteiger partial charge in [-0.25, -0.2) is 4.79 Å². The van der Waals surface area contributed by atoms with Crippen LogP contribution in [0.2, 0.25) is 0 Å². The number of esters is 1. The van der Waals surface area contributed by atoms with Crippen molar-refractivity contribution < 1.29 is 13.9 Å². The topological polar surface area (TPSA) is 42.7 Å². The molecular weight excluding hydrogens is 206 g/mol. The van der Waals surface area contributed by atoms with Gasteiger partial charge in [-0.1, -0.05) is 6.42 Å². The van der Waals surface area contributed by atoms with Gasteiger partial charge in [-0.3, -0.25) is 4.90 Å². The molecule has 2 rings (SSSR count). The minimum atomic E-state index is -0.412. The van der Waals surface area contributed by atoms with Crippen molar-refractivity contribution in [1.82, 2.24) is 4.90 Å². The average molecular weight is 223 g/mol. The Hall–Kier alpha value is -1.29. The van der Waals surface area contributed by atoms with Crippen LogP contribution < -0.4 is 0 Å². The Balaban J connectivity index is 1.94. The zero-order valence-corrected chi connectivity index (χ0v) is 9.57. The molecule has 16 heavy (non-hydrogen) atoms. The number of piperidine rings is 1. The molecule has 0 N–H and O–H groups in total. The molecule has 0 aromatic carbocycles. The summed E-state index contributed by atoms with van der Waals surface area (Å²) in [6.07, 6.45) is 3.83. The van der Waals surface area contributed by atoms with E-state index in [0.717, 1.165) is 25.4 Å². The van der Waals surface area contributed by atoms with Gasteiger partial charge in [0.25, 0.3) is 0 Å². The van der Waals surface area contributed by atoms with E-state index >= 15 is 0 Å². The van der Waals surface area contributed by atoms with Gasteiger partial charge in [-0.2, -0.15) is 0 Å². The van der Waals surface area contributed by atoms with Crippen LogP contribution >= 0.6 is 0 Å². The number of nitrogens with zero attached hydrogens (tertiary/aromatic N) is 1. The molecule has 2 heterocycles. The van der Waals surface area contributed by atoms with Crippen molar-refractivity contribution in [3.05, 3.63) is 23.7 Å². The number of likely N-dealkylation sites (tertiary alicyclic amines) is 1. The zero-order chi connectivity index (χ0) is 11.4. The third kappa shape index (κ3) is 2.64. The number of rotatable bonds is 3. The van der Waals surface area contributed by atoms with Gasteiger partial charge in [0.1, 0.15) is 5.76 Å². The molecule has 0 radical (unpaired) electrons. The van der Waals surface area contributed by atoms with Gasteiger partial charge in [-0.05, 0) is 38.1 Å². The van der Waals surface area contributed by atoms with Crippen LogP contribution in [0.5, 0.6) is 0 Å². The fraction of sp³-hybridized carbons (Fsp3) is 0.583. The maximum absolute atomic E-state index is 11.2. The van der Waals surface area contributed by atoms with Crippen molar-refractivity contribution >= 4 is 5.97 Å². The molecule has 1 aromatic heterocycles. The maximum atomic E-state index is 11.2. The Morgan fingerprint density at radius 3 is 2.81 bits per heavy atom. The predicted molar refractivity (Wildman–Crippen MR) is 59.2 cm³/mol. The van der Waals surface area contributed by atoms with Crippen LogP contribution in [0.3, 0.4) is 0 Å². The zero-order valence-electron chi connectivity index (χ0n) is 9.57. The van der Waals surface area contributed by atoms with E-state index in [1.165, 1.54) is 26.4 Å². The van der Waals surface area contributed by atoms with E-state index in [0.29, 0.717) is 0 Å². The Bertz CT molecular complexity index is 353. The molecule has 1 saturated heterocycles. The molecule has 0 amide bonds. The molecule has 4 nitrogen and oxygen atoms in total. The quantitative estimate of drug-likeness (QED) is 0.735. The van der Waals surface area contributed by atoms with Crippen LogP contribution in [-0.4, -0.2) is 31.1 Å². The number of hydrogen-bond donors (Lipinski definition) is 0. The number of hydrogen-bond acceptors (Lipinski definition) is 4. The summed E-state index contributed by atoms with van der Waals surface area (Å²) >= 11 is 0. The fourth-order valence-corrected chi connectivity index (χ4v) is 2.01. The van der Waals surface area contributed by atoms with Crippen LogP contribution in [0.15, 0.2) is 16.5 Å². The average Bonchev–Trinajstić information content (AvgIpc) is 2.78. The molecule has 1 aliphatic heterocycles. The summed E-state index contributed by atoms with van der Waals surface area (Å²) in [5.41, 5.74) is 0. The first kappa shape index (κ1) is 11.2. The molecule has 1 fully saturated rings. The first-order valence-electron chi connectivity index (χ1n) is 5.69. The predicted octanol–water partition coefficient (Wildman–Crippen LogP) is 2.05. The Kier molecular flexibility index (Phi) is 3.62. The van der Waals surface area contributed by atoms with Crippen molar-refractivity contribution in [2.45, 2.75) is 25.8 Å². The highest BCUT2D eigenvalue weighted by Crippen LogP contribution is 2.15. The van der Waals surface area contributed by atoms with Crippen LogP contribution in [0, 0.1) is 0 Å². The van der Waals surface area contributed by atoms with Crippen LogP contribution in [0.4, 0.5) is 0 Å². The fourth-order valence-electron chi connectivity index (χ4n) is 2.01. The van der Waals surface area contributed by atoms with Gasteiger partial charge < -0.3 is 9.15 Å². The van der Waals surface area contributed by atoms with E-state index in [4.69, 9.17) is 4.42 Å². The summed E-state index contributed by atoms with van der Waals surface area (Å²) in [6.45, 7) is 3.03. The smallest absolute Gasteiger partial charge is 0.373 e. The number of methoxy groups -OCH3 is 1. The molecule has 1 aliphatic rings. The van der Waals surface area contributed by atoms with E-state index in [1.54, 1.807) is 6.07 Å². The Morgan fingerprint density at radius 1 is 1.38 bits per heavy atom. The van der Waals surface area contributed by atoms with E-state index in [-0.39, 0.29) is 5.76 Å². The second kappa shape index (κ2) is 5.16. The third-order valence-electron chi connectivity index (χ3n) is 2.88. The van der Waals surface area contributed by atoms with E-state index in [1.807, 2.05) is 6.07 Å². The first-order chi connectivity index (χ1) is 7.79. The van der Waals surface area contributed by atoms with Crippen molar-refractivity contribution in [3.8, 4) is 0 Å². The summed E-state index contributed by atoms with van der Waals surface area (Å²) in [7, 11) is 1.36. The largest absolute Gasteiger partial charge is 0.463 e. The SMILES string of the molecule is COC(=O)c1ccc(CN2CCCCC2)o1. The molecule has 0 atom stereocenters. The van der Waals surface area contributed by atoms with Gasteiger partial charge in [0, 0.05) is 0 Å². The van der Waals surface area contributed by atoms with Gasteiger partial charge in [-0.15, -0.1) is 0 Å². The summed E-state index contributed by atoms with van der Waals surface area (Å²) < 4.78 is 10.0. The third-order valence-corrected chi connectivity index (χ3v) is 2.88. The molecule has 1 aromatic rings. The number of furan rings is 1. The second-order valence-corrected chi connectivity index (χ2v) is 4.09. The second-order valence-electron chi connectivity index (χ2n) is 4.09. The first-order valence-corrected chi connectivity index (χ1v) is 5.69. The summed E-state index contributed by atoms with van der Waals surface area (Å²) in [6, 6.07) is 3.52. The van der Waals surface area contributed by atoms with Crippen molar-refractivity contribution in [2.24, 2.45) is 0 Å². The Labute approximate surface area is 95.2 Å². The lowest BCUT2D eigenvalue weighted by molar-refractivity contribution is 0.0560. The van der Waals surface area contributed by atoms with E-state index in [9.17, 15) is 4.79 Å². The van der Waals surface area contributed by atoms with E-state index in [2.05, 4.69) is 9.64 Å². The molecule has 0 bridgehead atoms. The minimum absolute atomic E-state index is 0.287. The van der Waals surface area contributed by atoms with Crippen molar-refractivity contribution in [1.29, 1.82) is 0 Å². The lowest BCUT2D eigenvalue weighted by Crippen LogP contribution is -2.28. The molecular formula is C12H17NO3. The highest BCUT2D eigenvalue weighted by Gasteiger charge is 2.15. The van der Waals surface area contributed by atoms with Gasteiger partial charge in [0.05, 0.1) is 13.7 Å². The van der Waals surface area contributed by atoms with Gasteiger partial charge in [0.2, 0.25) is 5.76 Å². The molecule has 0 spiro atoms. The normalized spacial score (nSPS) is 17.3. The van der Waals surface area contributed by atoms with Gasteiger partial charge in [0.15, 0.2) is 0 Å². The van der Waals surface area contributed by atoms with E-state index < -0.39 is 5.97 Å². The molecule has 88 valence electrons. The number of carbonyl (C=O) groups is 1. The summed E-state index contributed by atoms with van der Waals surface area (Å²) in [5, 5.41) is 0. The summed E-state index contributed by atoms with van der Waals surface area (Å²) in [5.74, 6) is 0.710. The van der Waals surface area contributed by atoms with Crippen LogP contribution in [-0.2, 0) is 11.3 Å². The van der Waals surface area contributed by atoms with Crippen LogP contribution in [0.25, 0.3) is 0 Å². The van der Waals surface area contributed by atoms with Crippen molar-refractivity contribution in [3.63, 3.8) is 0 Å². The summed E-state index contributed by atoms with van der Waals surface area (Å²) in [4.78, 5) is 13.5. The molecule has 0 unspecified atom stereocenters. The monoisotopic (exact) mass is 223 g/mol. The van der Waals surface area contributed by atoms with Crippen LogP contribution in [0.1, 0.15) is 35.6 Å². The lowest BCUT2D eigenvalue weighted by Gasteiger charge is -2.25. The highest BCUT2D eigenvalue weighted by molar-refractivity contribution is 5.86. The number of carbonyl (C=O) groups excluding carboxylic acids is 1. The lowest BCUT2D eigenvalue weighted by atomic mass is 10.1. The van der Waals surface area contributed by atoms with Crippen molar-refractivity contribution in [2.75, 3.05) is 20.2 Å². The maximum Gasteiger partial charge on any atom is 0.373 e. The standard InChI is InChI=1S/C12H17NO3/c1-15-12(14)11-6-5-10(16-11)9-13-7-3-2-4-8-13/h5-6H,2-4,7-9H2,1H3. The Morgan fingerprint density at radius 2 is 2.12 bits per heavy atom. The molecule has 4 heteroatoms. The highest BCUT2D eigenvalue weighted by atomic mass is 16.5. The minimum Gasteiger partial charge on any atom is -0.463 e. The molecule has 0 saturated carbocycles. The molecule has 0 aliphatic carbocycles.